The molecule has 9 heteroatoms. The van der Waals surface area contributed by atoms with E-state index in [2.05, 4.69) is 4.98 Å². The summed E-state index contributed by atoms with van der Waals surface area (Å²) in [6.07, 6.45) is -3.93. The van der Waals surface area contributed by atoms with Gasteiger partial charge in [-0.15, -0.1) is 0 Å². The van der Waals surface area contributed by atoms with Crippen molar-refractivity contribution in [2.45, 2.75) is 31.6 Å². The number of nitrogens with one attached hydrogen (secondary N) is 1. The molecule has 1 unspecified atom stereocenters. The maximum atomic E-state index is 13.1. The lowest BCUT2D eigenvalue weighted by atomic mass is 10.0. The number of ether oxygens (including phenoxy) is 1. The van der Waals surface area contributed by atoms with Crippen LogP contribution in [0.25, 0.3) is 10.9 Å². The van der Waals surface area contributed by atoms with Crippen molar-refractivity contribution >= 4 is 28.4 Å². The molecule has 3 aromatic rings. The average Bonchev–Trinajstić information content (AvgIpc) is 3.28. The molecule has 3 heterocycles. The molecular weight excluding hydrogens is 423 g/mol. The zero-order valence-electron chi connectivity index (χ0n) is 17.2. The number of hydrogen-bond donors (Lipinski definition) is 1. The van der Waals surface area contributed by atoms with E-state index in [0.717, 1.165) is 44.9 Å². The Morgan fingerprint density at radius 3 is 2.69 bits per heavy atom. The molecule has 2 aromatic carbocycles. The van der Waals surface area contributed by atoms with Crippen LogP contribution in [0.3, 0.4) is 0 Å². The lowest BCUT2D eigenvalue weighted by molar-refractivity contribution is -0.137. The van der Waals surface area contributed by atoms with E-state index in [1.807, 2.05) is 23.1 Å². The number of carbonyl (C=O) groups excluding carboxylic acids is 2. The van der Waals surface area contributed by atoms with Crippen LogP contribution in [0.1, 0.15) is 23.2 Å². The van der Waals surface area contributed by atoms with Crippen molar-refractivity contribution in [2.75, 3.05) is 18.6 Å². The number of H-pyrrole nitrogens is 1. The molecule has 1 N–H and O–H groups in total. The van der Waals surface area contributed by atoms with Crippen LogP contribution in [0.2, 0.25) is 0 Å². The highest BCUT2D eigenvalue weighted by molar-refractivity contribution is 6.22. The third-order valence-corrected chi connectivity index (χ3v) is 6.21. The molecule has 0 radical (unpaired) electrons. The molecule has 1 atom stereocenters. The van der Waals surface area contributed by atoms with Gasteiger partial charge >= 0.3 is 6.18 Å². The van der Waals surface area contributed by atoms with E-state index >= 15 is 0 Å². The Labute approximate surface area is 181 Å². The van der Waals surface area contributed by atoms with E-state index in [1.165, 1.54) is 12.1 Å². The summed E-state index contributed by atoms with van der Waals surface area (Å²) in [7, 11) is 1.61. The Morgan fingerprint density at radius 2 is 1.94 bits per heavy atom. The van der Waals surface area contributed by atoms with Crippen LogP contribution < -0.4 is 9.64 Å². The minimum Gasteiger partial charge on any atom is -0.497 e. The fourth-order valence-corrected chi connectivity index (χ4v) is 4.63. The third kappa shape index (κ3) is 3.33. The summed E-state index contributed by atoms with van der Waals surface area (Å²) in [6.45, 7) is 1.02. The first-order chi connectivity index (χ1) is 15.3. The van der Waals surface area contributed by atoms with Crippen molar-refractivity contribution in [1.82, 2.24) is 9.88 Å². The van der Waals surface area contributed by atoms with Crippen LogP contribution in [0.15, 0.2) is 42.5 Å². The average molecular weight is 443 g/mol. The monoisotopic (exact) mass is 443 g/mol. The van der Waals surface area contributed by atoms with Crippen LogP contribution in [0, 0.1) is 0 Å². The quantitative estimate of drug-likeness (QED) is 0.624. The smallest absolute Gasteiger partial charge is 0.416 e. The number of imide groups is 1. The molecule has 1 fully saturated rings. The van der Waals surface area contributed by atoms with Crippen LogP contribution in [-0.4, -0.2) is 41.4 Å². The van der Waals surface area contributed by atoms with Gasteiger partial charge in [0.25, 0.3) is 5.91 Å². The molecule has 2 aliphatic rings. The number of nitrogens with zero attached hydrogens (tertiary/aromatic N) is 2. The molecule has 6 nitrogen and oxygen atoms in total. The molecule has 32 heavy (non-hydrogen) atoms. The van der Waals surface area contributed by atoms with Gasteiger partial charge in [0.05, 0.1) is 30.8 Å². The molecule has 0 saturated carbocycles. The summed E-state index contributed by atoms with van der Waals surface area (Å²) in [5.74, 6) is -0.225. The highest BCUT2D eigenvalue weighted by Gasteiger charge is 2.44. The summed E-state index contributed by atoms with van der Waals surface area (Å²) < 4.78 is 44.6. The number of fused-ring (bicyclic) bond motifs is 3. The molecular formula is C23H20F3N3O3. The maximum absolute atomic E-state index is 13.1. The first kappa shape index (κ1) is 20.6. The van der Waals surface area contributed by atoms with Crippen LogP contribution in [0.4, 0.5) is 18.9 Å². The Bertz CT molecular complexity index is 1230. The first-order valence-corrected chi connectivity index (χ1v) is 10.2. The number of halogens is 3. The second-order valence-corrected chi connectivity index (χ2v) is 8.05. The van der Waals surface area contributed by atoms with Crippen molar-refractivity contribution < 1.29 is 27.5 Å². The van der Waals surface area contributed by atoms with Crippen molar-refractivity contribution in [1.29, 1.82) is 0 Å². The standard InChI is InChI=1S/C23H20F3N3O3/c1-32-15-5-6-18-17(10-15)16-7-8-28(12-19(16)27-18)20-11-21(30)29(22(20)31)14-4-2-3-13(9-14)23(24,25)26/h2-6,9-10,20,27H,7-8,11-12H2,1H3. The van der Waals surface area contributed by atoms with Crippen LogP contribution in [-0.2, 0) is 28.7 Å². The predicted octanol–water partition coefficient (Wildman–Crippen LogP) is 3.89. The summed E-state index contributed by atoms with van der Waals surface area (Å²) in [5, 5.41) is 1.07. The summed E-state index contributed by atoms with van der Waals surface area (Å²) in [6, 6.07) is 9.40. The highest BCUT2D eigenvalue weighted by atomic mass is 19.4. The fourth-order valence-electron chi connectivity index (χ4n) is 4.63. The second kappa shape index (κ2) is 7.37. The zero-order valence-corrected chi connectivity index (χ0v) is 17.2. The lowest BCUT2D eigenvalue weighted by Gasteiger charge is -2.30. The Balaban J connectivity index is 1.40. The van der Waals surface area contributed by atoms with E-state index in [4.69, 9.17) is 4.74 Å². The van der Waals surface area contributed by atoms with Gasteiger partial charge in [-0.25, -0.2) is 4.90 Å². The number of amides is 2. The topological polar surface area (TPSA) is 65.6 Å². The van der Waals surface area contributed by atoms with E-state index in [1.54, 1.807) is 7.11 Å². The number of aromatic amines is 1. The molecule has 1 aromatic heterocycles. The van der Waals surface area contributed by atoms with Gasteiger partial charge in [0, 0.05) is 29.7 Å². The number of rotatable bonds is 3. The predicted molar refractivity (Wildman–Crippen MR) is 111 cm³/mol. The largest absolute Gasteiger partial charge is 0.497 e. The SMILES string of the molecule is COc1ccc2[nH]c3c(c2c1)CCN(C1CC(=O)N(c2cccc(C(F)(F)F)c2)C1=O)C3. The first-order valence-electron chi connectivity index (χ1n) is 10.2. The molecule has 0 bridgehead atoms. The number of benzene rings is 2. The lowest BCUT2D eigenvalue weighted by Crippen LogP contribution is -2.44. The van der Waals surface area contributed by atoms with Gasteiger partial charge in [0.15, 0.2) is 0 Å². The van der Waals surface area contributed by atoms with Crippen LogP contribution >= 0.6 is 0 Å². The van der Waals surface area contributed by atoms with Crippen LogP contribution in [0.5, 0.6) is 5.75 Å². The van der Waals surface area contributed by atoms with Crippen molar-refractivity contribution in [3.63, 3.8) is 0 Å². The number of anilines is 1. The number of aromatic nitrogens is 1. The summed E-state index contributed by atoms with van der Waals surface area (Å²) in [4.78, 5) is 31.9. The second-order valence-electron chi connectivity index (χ2n) is 8.05. The van der Waals surface area contributed by atoms with Gasteiger partial charge in [-0.05, 0) is 48.4 Å². The van der Waals surface area contributed by atoms with Crippen molar-refractivity contribution in [3.05, 3.63) is 59.3 Å². The fraction of sp³-hybridized carbons (Fsp3) is 0.304. The van der Waals surface area contributed by atoms with E-state index in [9.17, 15) is 22.8 Å². The van der Waals surface area contributed by atoms with Gasteiger partial charge in [-0.1, -0.05) is 6.07 Å². The van der Waals surface area contributed by atoms with Crippen molar-refractivity contribution in [2.24, 2.45) is 0 Å². The van der Waals surface area contributed by atoms with E-state index < -0.39 is 29.6 Å². The third-order valence-electron chi connectivity index (χ3n) is 6.21. The Kier molecular flexibility index (Phi) is 4.74. The van der Waals surface area contributed by atoms with Gasteiger partial charge in [-0.2, -0.15) is 13.2 Å². The van der Waals surface area contributed by atoms with Gasteiger partial charge < -0.3 is 9.72 Å². The number of methoxy groups -OCH3 is 1. The van der Waals surface area contributed by atoms with Gasteiger partial charge in [0.2, 0.25) is 5.91 Å². The summed E-state index contributed by atoms with van der Waals surface area (Å²) in [5.41, 5.74) is 2.15. The number of carbonyl (C=O) groups is 2. The molecule has 0 spiro atoms. The van der Waals surface area contributed by atoms with Gasteiger partial charge in [0.1, 0.15) is 5.75 Å². The minimum atomic E-state index is -4.55. The maximum Gasteiger partial charge on any atom is 0.416 e. The van der Waals surface area contributed by atoms with E-state index in [0.29, 0.717) is 19.5 Å². The molecule has 1 saturated heterocycles. The van der Waals surface area contributed by atoms with E-state index in [-0.39, 0.29) is 12.1 Å². The minimum absolute atomic E-state index is 0.0484. The van der Waals surface area contributed by atoms with Gasteiger partial charge in [-0.3, -0.25) is 14.5 Å². The molecule has 2 aliphatic heterocycles. The zero-order chi connectivity index (χ0) is 22.6. The number of alkyl halides is 3. The highest BCUT2D eigenvalue weighted by Crippen LogP contribution is 2.35. The van der Waals surface area contributed by atoms with Crippen molar-refractivity contribution in [3.8, 4) is 5.75 Å². The normalized spacial score (nSPS) is 19.6. The number of hydrogen-bond acceptors (Lipinski definition) is 4. The molecule has 166 valence electrons. The Hall–Kier alpha value is -3.33. The Morgan fingerprint density at radius 1 is 1.12 bits per heavy atom. The molecule has 2 amide bonds. The molecule has 5 rings (SSSR count). The summed E-state index contributed by atoms with van der Waals surface area (Å²) >= 11 is 0. The molecule has 0 aliphatic carbocycles.